The number of aryl methyl sites for hydroxylation is 1. The zero-order chi connectivity index (χ0) is 10.7. The molecule has 0 spiro atoms. The second kappa shape index (κ2) is 4.42. The van der Waals surface area contributed by atoms with Gasteiger partial charge in [-0.25, -0.2) is 0 Å². The Kier molecular flexibility index (Phi) is 3.47. The molecule has 1 aromatic rings. The number of rotatable bonds is 2. The summed E-state index contributed by atoms with van der Waals surface area (Å²) < 4.78 is 0.734. The summed E-state index contributed by atoms with van der Waals surface area (Å²) in [6, 6.07) is 5.61. The lowest BCUT2D eigenvalue weighted by atomic mass is 10.1. The van der Waals surface area contributed by atoms with Gasteiger partial charge < -0.3 is 5.11 Å². The van der Waals surface area contributed by atoms with Crippen LogP contribution in [0.15, 0.2) is 12.1 Å². The molecule has 1 N–H and O–H groups in total. The van der Waals surface area contributed by atoms with Crippen LogP contribution in [-0.2, 0) is 11.2 Å². The highest BCUT2D eigenvalue weighted by Crippen LogP contribution is 2.19. The van der Waals surface area contributed by atoms with E-state index in [9.17, 15) is 4.79 Å². The number of halogens is 1. The van der Waals surface area contributed by atoms with Gasteiger partial charge in [0.25, 0.3) is 0 Å². The Hall–Kier alpha value is -1.09. The molecule has 1 rings (SSSR count). The molecule has 0 aromatic heterocycles. The standard InChI is InChI=1S/C10H8INO2/c1-6-2-7(4-9(13)14)10(11)8(3-6)5-12/h2-3H,4H2,1H3,(H,13,14). The van der Waals surface area contributed by atoms with Gasteiger partial charge in [-0.15, -0.1) is 0 Å². The molecule has 4 heteroatoms. The average molecular weight is 301 g/mol. The Labute approximate surface area is 95.5 Å². The molecular weight excluding hydrogens is 293 g/mol. The van der Waals surface area contributed by atoms with E-state index in [1.54, 1.807) is 12.1 Å². The van der Waals surface area contributed by atoms with Crippen molar-refractivity contribution in [1.29, 1.82) is 5.26 Å². The summed E-state index contributed by atoms with van der Waals surface area (Å²) in [5, 5.41) is 17.5. The minimum atomic E-state index is -0.877. The molecule has 0 unspecified atom stereocenters. The van der Waals surface area contributed by atoms with Crippen LogP contribution in [0, 0.1) is 21.8 Å². The first-order chi connectivity index (χ1) is 6.54. The molecular formula is C10H8INO2. The third-order valence-electron chi connectivity index (χ3n) is 1.75. The van der Waals surface area contributed by atoms with Crippen molar-refractivity contribution in [2.24, 2.45) is 0 Å². The number of aliphatic carboxylic acids is 1. The molecule has 0 bridgehead atoms. The molecule has 0 atom stereocenters. The van der Waals surface area contributed by atoms with Crippen LogP contribution in [0.3, 0.4) is 0 Å². The van der Waals surface area contributed by atoms with Gasteiger partial charge in [-0.1, -0.05) is 6.07 Å². The third-order valence-corrected chi connectivity index (χ3v) is 3.03. The molecule has 0 heterocycles. The molecule has 72 valence electrons. The summed E-state index contributed by atoms with van der Waals surface area (Å²) in [4.78, 5) is 10.5. The van der Waals surface area contributed by atoms with Crippen molar-refractivity contribution in [2.45, 2.75) is 13.3 Å². The van der Waals surface area contributed by atoms with Gasteiger partial charge in [0, 0.05) is 3.57 Å². The normalized spacial score (nSPS) is 9.50. The smallest absolute Gasteiger partial charge is 0.307 e. The molecule has 0 aliphatic rings. The van der Waals surface area contributed by atoms with E-state index in [0.29, 0.717) is 11.1 Å². The van der Waals surface area contributed by atoms with Crippen molar-refractivity contribution in [2.75, 3.05) is 0 Å². The molecule has 0 radical (unpaired) electrons. The molecule has 0 aliphatic heterocycles. The fourth-order valence-corrected chi connectivity index (χ4v) is 1.84. The van der Waals surface area contributed by atoms with E-state index >= 15 is 0 Å². The predicted octanol–water partition coefficient (Wildman–Crippen LogP) is 2.10. The first-order valence-corrected chi connectivity index (χ1v) is 5.03. The Morgan fingerprint density at radius 3 is 2.79 bits per heavy atom. The minimum Gasteiger partial charge on any atom is -0.481 e. The zero-order valence-corrected chi connectivity index (χ0v) is 9.70. The van der Waals surface area contributed by atoms with Crippen molar-refractivity contribution in [3.8, 4) is 6.07 Å². The number of carbonyl (C=O) groups is 1. The average Bonchev–Trinajstić information content (AvgIpc) is 2.09. The van der Waals surface area contributed by atoms with E-state index in [4.69, 9.17) is 10.4 Å². The second-order valence-electron chi connectivity index (χ2n) is 2.97. The number of carboxylic acid groups (broad SMARTS) is 1. The molecule has 0 fully saturated rings. The van der Waals surface area contributed by atoms with Crippen LogP contribution < -0.4 is 0 Å². The monoisotopic (exact) mass is 301 g/mol. The number of nitrogens with zero attached hydrogens (tertiary/aromatic N) is 1. The molecule has 0 saturated carbocycles. The number of carboxylic acids is 1. The highest BCUT2D eigenvalue weighted by atomic mass is 127. The van der Waals surface area contributed by atoms with Crippen LogP contribution in [-0.4, -0.2) is 11.1 Å². The number of nitriles is 1. The summed E-state index contributed by atoms with van der Waals surface area (Å²) in [5.41, 5.74) is 2.16. The van der Waals surface area contributed by atoms with Crippen LogP contribution in [0.5, 0.6) is 0 Å². The fourth-order valence-electron chi connectivity index (χ4n) is 1.22. The summed E-state index contributed by atoms with van der Waals surface area (Å²) in [6.07, 6.45) is -0.0331. The molecule has 0 aliphatic carbocycles. The van der Waals surface area contributed by atoms with Gasteiger partial charge in [0.05, 0.1) is 12.0 Å². The quantitative estimate of drug-likeness (QED) is 0.851. The Bertz CT molecular complexity index is 421. The lowest BCUT2D eigenvalue weighted by Gasteiger charge is -2.04. The SMILES string of the molecule is Cc1cc(C#N)c(I)c(CC(=O)O)c1. The first-order valence-electron chi connectivity index (χ1n) is 3.95. The van der Waals surface area contributed by atoms with Gasteiger partial charge in [0.15, 0.2) is 0 Å². The third kappa shape index (κ3) is 2.45. The van der Waals surface area contributed by atoms with Gasteiger partial charge in [0.2, 0.25) is 0 Å². The largest absolute Gasteiger partial charge is 0.481 e. The van der Waals surface area contributed by atoms with Gasteiger partial charge in [-0.3, -0.25) is 4.79 Å². The Morgan fingerprint density at radius 1 is 1.64 bits per heavy atom. The van der Waals surface area contributed by atoms with Crippen LogP contribution in [0.4, 0.5) is 0 Å². The highest BCUT2D eigenvalue weighted by Gasteiger charge is 2.09. The zero-order valence-electron chi connectivity index (χ0n) is 7.54. The van der Waals surface area contributed by atoms with E-state index in [-0.39, 0.29) is 6.42 Å². The van der Waals surface area contributed by atoms with Crippen molar-refractivity contribution in [3.63, 3.8) is 0 Å². The summed E-state index contributed by atoms with van der Waals surface area (Å²) in [5.74, 6) is -0.877. The van der Waals surface area contributed by atoms with Gasteiger partial charge in [-0.2, -0.15) is 5.26 Å². The van der Waals surface area contributed by atoms with Crippen LogP contribution in [0.2, 0.25) is 0 Å². The Morgan fingerprint density at radius 2 is 2.29 bits per heavy atom. The van der Waals surface area contributed by atoms with Gasteiger partial charge in [0.1, 0.15) is 6.07 Å². The van der Waals surface area contributed by atoms with E-state index in [2.05, 4.69) is 0 Å². The predicted molar refractivity (Wildman–Crippen MR) is 60.0 cm³/mol. The highest BCUT2D eigenvalue weighted by molar-refractivity contribution is 14.1. The topological polar surface area (TPSA) is 61.1 Å². The van der Waals surface area contributed by atoms with Gasteiger partial charge in [-0.05, 0) is 46.7 Å². The molecule has 14 heavy (non-hydrogen) atoms. The van der Waals surface area contributed by atoms with Crippen LogP contribution in [0.1, 0.15) is 16.7 Å². The van der Waals surface area contributed by atoms with E-state index < -0.39 is 5.97 Å². The maximum atomic E-state index is 10.5. The van der Waals surface area contributed by atoms with Crippen molar-refractivity contribution >= 4 is 28.6 Å². The lowest BCUT2D eigenvalue weighted by molar-refractivity contribution is -0.136. The molecule has 0 amide bonds. The Balaban J connectivity index is 3.23. The summed E-state index contributed by atoms with van der Waals surface area (Å²) in [7, 11) is 0. The fraction of sp³-hybridized carbons (Fsp3) is 0.200. The summed E-state index contributed by atoms with van der Waals surface area (Å²) in [6.45, 7) is 1.85. The van der Waals surface area contributed by atoms with Gasteiger partial charge >= 0.3 is 5.97 Å². The number of benzene rings is 1. The maximum absolute atomic E-state index is 10.5. The van der Waals surface area contributed by atoms with Crippen molar-refractivity contribution in [1.82, 2.24) is 0 Å². The molecule has 3 nitrogen and oxygen atoms in total. The number of hydrogen-bond acceptors (Lipinski definition) is 2. The van der Waals surface area contributed by atoms with Crippen LogP contribution >= 0.6 is 22.6 Å². The number of hydrogen-bond donors (Lipinski definition) is 1. The van der Waals surface area contributed by atoms with Crippen LogP contribution in [0.25, 0.3) is 0 Å². The second-order valence-corrected chi connectivity index (χ2v) is 4.05. The molecule has 0 saturated heterocycles. The van der Waals surface area contributed by atoms with Crippen molar-refractivity contribution in [3.05, 3.63) is 32.4 Å². The van der Waals surface area contributed by atoms with E-state index in [1.807, 2.05) is 35.6 Å². The minimum absolute atomic E-state index is 0.0331. The maximum Gasteiger partial charge on any atom is 0.307 e. The van der Waals surface area contributed by atoms with E-state index in [0.717, 1.165) is 9.13 Å². The summed E-state index contributed by atoms with van der Waals surface area (Å²) >= 11 is 2.01. The molecule has 1 aromatic carbocycles. The lowest BCUT2D eigenvalue weighted by Crippen LogP contribution is -2.03. The van der Waals surface area contributed by atoms with Crippen molar-refractivity contribution < 1.29 is 9.90 Å². The van der Waals surface area contributed by atoms with E-state index in [1.165, 1.54) is 0 Å². The first kappa shape index (κ1) is 11.0.